The van der Waals surface area contributed by atoms with E-state index in [1.807, 2.05) is 0 Å². The Balaban J connectivity index is 0. The molecule has 4 heteroatoms. The molecule has 0 spiro atoms. The maximum Gasteiger partial charge on any atom is 1.00 e. The molecule has 0 aliphatic heterocycles. The SMILES string of the molecule is C.C.C.C.C.C.C.[AlH3].[AlH3].[H-].[H-].[HH].[Na+].[Na+]. The molecule has 0 aliphatic carbocycles. The van der Waals surface area contributed by atoms with Gasteiger partial charge in [-0.25, -0.2) is 0 Å². The molecule has 0 aliphatic rings. The molecule has 0 atom stereocenters. The fraction of sp³-hybridized carbons (Fsp3) is 1.00. The van der Waals surface area contributed by atoms with Gasteiger partial charge < -0.3 is 2.85 Å². The fourth-order valence-electron chi connectivity index (χ4n) is 0. The maximum absolute atomic E-state index is 0. The summed E-state index contributed by atoms with van der Waals surface area (Å²) in [5.74, 6) is 0. The summed E-state index contributed by atoms with van der Waals surface area (Å²) in [4.78, 5) is 0. The van der Waals surface area contributed by atoms with Gasteiger partial charge in [0.2, 0.25) is 0 Å². The average Bonchev–Trinajstić information content (AvgIpc) is 0. The van der Waals surface area contributed by atoms with E-state index in [0.717, 1.165) is 0 Å². The summed E-state index contributed by atoms with van der Waals surface area (Å²) >= 11 is 0. The first-order valence-corrected chi connectivity index (χ1v) is 0. The van der Waals surface area contributed by atoms with Gasteiger partial charge in [0.25, 0.3) is 0 Å². The molecule has 0 N–H and O–H groups in total. The van der Waals surface area contributed by atoms with Gasteiger partial charge in [-0.15, -0.1) is 0 Å². The molecule has 0 radical (unpaired) electrons. The molecule has 0 aromatic carbocycles. The van der Waals surface area contributed by atoms with Crippen LogP contribution in [0.2, 0.25) is 0 Å². The van der Waals surface area contributed by atoms with E-state index in [-0.39, 0.29) is 150 Å². The zero-order valence-electron chi connectivity index (χ0n) is 4.00. The Labute approximate surface area is 148 Å². The van der Waals surface area contributed by atoms with E-state index in [2.05, 4.69) is 0 Å². The molecule has 74 valence electrons. The van der Waals surface area contributed by atoms with Crippen molar-refractivity contribution < 1.29 is 63.4 Å². The van der Waals surface area contributed by atoms with E-state index >= 15 is 0 Å². The van der Waals surface area contributed by atoms with Crippen LogP contribution in [-0.2, 0) is 0 Å². The molecule has 0 saturated carbocycles. The van der Waals surface area contributed by atoms with E-state index in [4.69, 9.17) is 0 Å². The molecule has 0 saturated heterocycles. The molecule has 0 aromatic rings. The van der Waals surface area contributed by atoms with Crippen LogP contribution in [0.4, 0.5) is 0 Å². The molecule has 0 aromatic heterocycles. The van der Waals surface area contributed by atoms with Crippen molar-refractivity contribution in [1.29, 1.82) is 0 Å². The summed E-state index contributed by atoms with van der Waals surface area (Å²) in [6.45, 7) is 0. The van der Waals surface area contributed by atoms with Crippen molar-refractivity contribution in [1.82, 2.24) is 0 Å². The van der Waals surface area contributed by atoms with Gasteiger partial charge in [-0.2, -0.15) is 0 Å². The Hall–Kier alpha value is 3.06. The van der Waals surface area contributed by atoms with Gasteiger partial charge in [0.05, 0.1) is 0 Å². The van der Waals surface area contributed by atoms with Crippen molar-refractivity contribution in [3.8, 4) is 0 Å². The maximum atomic E-state index is 0. The van der Waals surface area contributed by atoms with Crippen LogP contribution in [0.5, 0.6) is 0 Å². The molecule has 0 bridgehead atoms. The van der Waals surface area contributed by atoms with Crippen LogP contribution in [0.15, 0.2) is 0 Å². The third-order valence-corrected chi connectivity index (χ3v) is 0. The first kappa shape index (κ1) is 256. The standard InChI is InChI=1S/7CH4.2Al.2Na.H2.8H/h7*1H4;;;;;1H;;;;;;;;/q;;;;;;;;;2*+1;;;;;;;;2*-1. The summed E-state index contributed by atoms with van der Waals surface area (Å²) in [5, 5.41) is 0. The largest absolute Gasteiger partial charge is 1.00 e. The Morgan fingerprint density at radius 1 is 0.455 bits per heavy atom. The Bertz CT molecular complexity index is 24.9. The molecule has 0 unspecified atom stereocenters. The van der Waals surface area contributed by atoms with Crippen LogP contribution in [0.3, 0.4) is 0 Å². The van der Waals surface area contributed by atoms with E-state index < -0.39 is 0 Å². The fourth-order valence-corrected chi connectivity index (χ4v) is 0. The van der Waals surface area contributed by atoms with Crippen LogP contribution < -0.4 is 59.1 Å². The number of hydrogen-bond donors (Lipinski definition) is 0. The predicted molar refractivity (Wildman–Crippen MR) is 71.3 cm³/mol. The van der Waals surface area contributed by atoms with Gasteiger partial charge in [-0.3, -0.25) is 0 Å². The van der Waals surface area contributed by atoms with E-state index in [1.165, 1.54) is 0 Å². The third-order valence-electron chi connectivity index (χ3n) is 0. The molecule has 0 heterocycles. The second-order valence-electron chi connectivity index (χ2n) is 0. The van der Waals surface area contributed by atoms with Crippen molar-refractivity contribution in [3.63, 3.8) is 0 Å². The third kappa shape index (κ3) is 170. The van der Waals surface area contributed by atoms with E-state index in [9.17, 15) is 0 Å². The average molecular weight is 222 g/mol. The van der Waals surface area contributed by atoms with Gasteiger partial charge in [0.15, 0.2) is 34.7 Å². The topological polar surface area (TPSA) is 0 Å². The van der Waals surface area contributed by atoms with Crippen molar-refractivity contribution >= 4 is 34.7 Å². The Morgan fingerprint density at radius 2 is 0.455 bits per heavy atom. The summed E-state index contributed by atoms with van der Waals surface area (Å²) in [6.07, 6.45) is 0. The van der Waals surface area contributed by atoms with Crippen molar-refractivity contribution in [2.45, 2.75) is 52.0 Å². The molecule has 0 nitrogen and oxygen atoms in total. The molecular formula is C7H38Al2Na2. The molecule has 0 rings (SSSR count). The number of rotatable bonds is 0. The summed E-state index contributed by atoms with van der Waals surface area (Å²) < 4.78 is 0. The Morgan fingerprint density at radius 3 is 0.455 bits per heavy atom. The van der Waals surface area contributed by atoms with E-state index in [1.54, 1.807) is 0 Å². The van der Waals surface area contributed by atoms with Crippen molar-refractivity contribution in [2.24, 2.45) is 0 Å². The second kappa shape index (κ2) is 202. The summed E-state index contributed by atoms with van der Waals surface area (Å²) in [7, 11) is 0. The zero-order chi connectivity index (χ0) is 0. The number of hydrogen-bond acceptors (Lipinski definition) is 0. The normalized spacial score (nSPS) is 0. The van der Waals surface area contributed by atoms with Crippen LogP contribution in [0.25, 0.3) is 0 Å². The van der Waals surface area contributed by atoms with Gasteiger partial charge >= 0.3 is 59.1 Å². The second-order valence-corrected chi connectivity index (χ2v) is 0. The smallest absolute Gasteiger partial charge is 1.00 e. The first-order valence-electron chi connectivity index (χ1n) is 0. The summed E-state index contributed by atoms with van der Waals surface area (Å²) in [5.41, 5.74) is 0. The summed E-state index contributed by atoms with van der Waals surface area (Å²) in [6, 6.07) is 0. The minimum atomic E-state index is 0. The van der Waals surface area contributed by atoms with Crippen LogP contribution in [-0.4, -0.2) is 34.7 Å². The van der Waals surface area contributed by atoms with Crippen molar-refractivity contribution in [2.75, 3.05) is 0 Å². The minimum Gasteiger partial charge on any atom is -1.00 e. The van der Waals surface area contributed by atoms with Gasteiger partial charge in [0.1, 0.15) is 0 Å². The van der Waals surface area contributed by atoms with Crippen molar-refractivity contribution in [3.05, 3.63) is 0 Å². The molecule has 11 heavy (non-hydrogen) atoms. The van der Waals surface area contributed by atoms with Crippen LogP contribution >= 0.6 is 0 Å². The van der Waals surface area contributed by atoms with E-state index in [0.29, 0.717) is 0 Å². The minimum absolute atomic E-state index is 0. The molecular weight excluding hydrogens is 184 g/mol. The molecule has 0 fully saturated rings. The first-order chi connectivity index (χ1) is 0. The van der Waals surface area contributed by atoms with Gasteiger partial charge in [0, 0.05) is 1.43 Å². The van der Waals surface area contributed by atoms with Gasteiger partial charge in [-0.1, -0.05) is 52.0 Å². The van der Waals surface area contributed by atoms with Crippen LogP contribution in [0, 0.1) is 0 Å². The van der Waals surface area contributed by atoms with Gasteiger partial charge in [-0.05, 0) is 0 Å². The zero-order valence-corrected chi connectivity index (χ0v) is 6.00. The predicted octanol–water partition coefficient (Wildman–Crippen LogP) is -3.44. The quantitative estimate of drug-likeness (QED) is 0.374. The monoisotopic (exact) mass is 222 g/mol. The molecule has 0 amide bonds. The Kier molecular flexibility index (Phi) is 4700. The van der Waals surface area contributed by atoms with Crippen LogP contribution in [0.1, 0.15) is 56.3 Å².